The molecule has 0 radical (unpaired) electrons. The topological polar surface area (TPSA) is 118 Å². The number of nitrogens with zero attached hydrogens (tertiary/aromatic N) is 1. The Bertz CT molecular complexity index is 485. The van der Waals surface area contributed by atoms with E-state index in [0.717, 1.165) is 0 Å². The van der Waals surface area contributed by atoms with Crippen molar-refractivity contribution < 1.29 is 14.8 Å². The van der Waals surface area contributed by atoms with Crippen molar-refractivity contribution in [3.63, 3.8) is 0 Å². The van der Waals surface area contributed by atoms with Crippen LogP contribution in [-0.4, -0.2) is 22.5 Å². The third kappa shape index (κ3) is 2.75. The van der Waals surface area contributed by atoms with E-state index >= 15 is 0 Å². The Hall–Kier alpha value is -2.15. The molecule has 0 unspecified atom stereocenters. The van der Waals surface area contributed by atoms with E-state index in [0.29, 0.717) is 0 Å². The summed E-state index contributed by atoms with van der Waals surface area (Å²) < 4.78 is 0. The molecule has 1 amide bonds. The van der Waals surface area contributed by atoms with Gasteiger partial charge in [-0.3, -0.25) is 14.9 Å². The van der Waals surface area contributed by atoms with Gasteiger partial charge in [0.05, 0.1) is 10.3 Å². The first-order chi connectivity index (χ1) is 8.29. The highest BCUT2D eigenvalue weighted by Crippen LogP contribution is 2.34. The Kier molecular flexibility index (Phi) is 3.87. The molecule has 0 spiro atoms. The first kappa shape index (κ1) is 13.9. The standard InChI is InChI=1S/C11H15N3O4/c1-11(2,6-12)10(16)13-9-7(14(17)18)4-3-5-8(9)15/h3-5,15H,6,12H2,1-2H3,(H,13,16). The molecule has 7 nitrogen and oxygen atoms in total. The zero-order valence-corrected chi connectivity index (χ0v) is 10.1. The molecular weight excluding hydrogens is 238 g/mol. The third-order valence-corrected chi connectivity index (χ3v) is 2.58. The number of nitro benzene ring substituents is 1. The second-order valence-corrected chi connectivity index (χ2v) is 4.47. The van der Waals surface area contributed by atoms with Gasteiger partial charge in [-0.1, -0.05) is 6.07 Å². The highest BCUT2D eigenvalue weighted by molar-refractivity contribution is 5.98. The third-order valence-electron chi connectivity index (χ3n) is 2.58. The fraction of sp³-hybridized carbons (Fsp3) is 0.364. The van der Waals surface area contributed by atoms with Crippen LogP contribution in [0, 0.1) is 15.5 Å². The van der Waals surface area contributed by atoms with Crippen molar-refractivity contribution in [2.24, 2.45) is 11.1 Å². The number of para-hydroxylation sites is 1. The average molecular weight is 253 g/mol. The number of nitrogens with two attached hydrogens (primary N) is 1. The van der Waals surface area contributed by atoms with Gasteiger partial charge in [0.1, 0.15) is 5.75 Å². The molecule has 0 saturated carbocycles. The number of carbonyl (C=O) groups excluding carboxylic acids is 1. The molecule has 0 bridgehead atoms. The van der Waals surface area contributed by atoms with E-state index in [2.05, 4.69) is 5.32 Å². The zero-order valence-electron chi connectivity index (χ0n) is 10.1. The van der Waals surface area contributed by atoms with Crippen LogP contribution in [0.2, 0.25) is 0 Å². The molecule has 0 atom stereocenters. The molecule has 0 aromatic heterocycles. The van der Waals surface area contributed by atoms with Gasteiger partial charge in [-0.15, -0.1) is 0 Å². The Balaban J connectivity index is 3.12. The molecule has 0 aliphatic carbocycles. The number of phenols is 1. The number of aromatic hydroxyl groups is 1. The largest absolute Gasteiger partial charge is 0.505 e. The van der Waals surface area contributed by atoms with Crippen molar-refractivity contribution in [3.05, 3.63) is 28.3 Å². The minimum absolute atomic E-state index is 0.0836. The predicted octanol–water partition coefficient (Wildman–Crippen LogP) is 1.22. The van der Waals surface area contributed by atoms with Crippen LogP contribution in [0.5, 0.6) is 5.75 Å². The first-order valence-corrected chi connectivity index (χ1v) is 5.27. The van der Waals surface area contributed by atoms with E-state index in [-0.39, 0.29) is 23.7 Å². The van der Waals surface area contributed by atoms with Crippen LogP contribution in [-0.2, 0) is 4.79 Å². The van der Waals surface area contributed by atoms with E-state index in [1.165, 1.54) is 18.2 Å². The van der Waals surface area contributed by atoms with E-state index in [9.17, 15) is 20.0 Å². The summed E-state index contributed by atoms with van der Waals surface area (Å²) in [5.74, 6) is -0.847. The molecular formula is C11H15N3O4. The molecule has 4 N–H and O–H groups in total. The molecule has 7 heteroatoms. The Morgan fingerprint density at radius 2 is 2.17 bits per heavy atom. The van der Waals surface area contributed by atoms with Gasteiger partial charge < -0.3 is 16.2 Å². The van der Waals surface area contributed by atoms with Crippen LogP contribution < -0.4 is 11.1 Å². The van der Waals surface area contributed by atoms with E-state index in [1.54, 1.807) is 13.8 Å². The van der Waals surface area contributed by atoms with Crippen molar-refractivity contribution in [2.45, 2.75) is 13.8 Å². The van der Waals surface area contributed by atoms with Crippen LogP contribution in [0.3, 0.4) is 0 Å². The van der Waals surface area contributed by atoms with E-state index < -0.39 is 16.2 Å². The van der Waals surface area contributed by atoms with Crippen LogP contribution in [0.4, 0.5) is 11.4 Å². The summed E-state index contributed by atoms with van der Waals surface area (Å²) >= 11 is 0. The molecule has 98 valence electrons. The number of amides is 1. The number of anilines is 1. The number of rotatable bonds is 4. The molecule has 1 rings (SSSR count). The van der Waals surface area contributed by atoms with Gasteiger partial charge in [0.2, 0.25) is 5.91 Å². The van der Waals surface area contributed by atoms with Gasteiger partial charge in [-0.05, 0) is 19.9 Å². The smallest absolute Gasteiger partial charge is 0.296 e. The number of nitrogens with one attached hydrogen (secondary N) is 1. The van der Waals surface area contributed by atoms with Gasteiger partial charge in [-0.25, -0.2) is 0 Å². The maximum Gasteiger partial charge on any atom is 0.296 e. The lowest BCUT2D eigenvalue weighted by Gasteiger charge is -2.21. The summed E-state index contributed by atoms with van der Waals surface area (Å²) in [5, 5.41) is 22.7. The van der Waals surface area contributed by atoms with Gasteiger partial charge in [-0.2, -0.15) is 0 Å². The van der Waals surface area contributed by atoms with Crippen molar-refractivity contribution in [3.8, 4) is 5.75 Å². The summed E-state index contributed by atoms with van der Waals surface area (Å²) in [6.45, 7) is 3.29. The maximum atomic E-state index is 11.9. The average Bonchev–Trinajstić information content (AvgIpc) is 2.31. The number of phenolic OH excluding ortho intramolecular Hbond substituents is 1. The van der Waals surface area contributed by atoms with Crippen LogP contribution >= 0.6 is 0 Å². The number of carbonyl (C=O) groups is 1. The fourth-order valence-electron chi connectivity index (χ4n) is 1.18. The first-order valence-electron chi connectivity index (χ1n) is 5.27. The lowest BCUT2D eigenvalue weighted by Crippen LogP contribution is -2.37. The summed E-state index contributed by atoms with van der Waals surface area (Å²) in [4.78, 5) is 22.0. The number of hydrogen-bond donors (Lipinski definition) is 3. The molecule has 0 aliphatic heterocycles. The highest BCUT2D eigenvalue weighted by atomic mass is 16.6. The summed E-state index contributed by atoms with van der Waals surface area (Å²) in [7, 11) is 0. The zero-order chi connectivity index (χ0) is 13.9. The van der Waals surface area contributed by atoms with E-state index in [1.807, 2.05) is 0 Å². The second-order valence-electron chi connectivity index (χ2n) is 4.47. The van der Waals surface area contributed by atoms with Crippen LogP contribution in [0.25, 0.3) is 0 Å². The normalized spacial score (nSPS) is 11.1. The minimum atomic E-state index is -0.879. The molecule has 18 heavy (non-hydrogen) atoms. The van der Waals surface area contributed by atoms with Crippen molar-refractivity contribution >= 4 is 17.3 Å². The Morgan fingerprint density at radius 3 is 2.67 bits per heavy atom. The van der Waals surface area contributed by atoms with Crippen LogP contribution in [0.1, 0.15) is 13.8 Å². The quantitative estimate of drug-likeness (QED) is 0.423. The molecule has 1 aromatic rings. The summed E-state index contributed by atoms with van der Waals surface area (Å²) in [5.41, 5.74) is 3.98. The molecule has 0 aliphatic rings. The Labute approximate surface area is 104 Å². The maximum absolute atomic E-state index is 11.9. The van der Waals surface area contributed by atoms with Crippen LogP contribution in [0.15, 0.2) is 18.2 Å². The van der Waals surface area contributed by atoms with E-state index in [4.69, 9.17) is 5.73 Å². The van der Waals surface area contributed by atoms with Gasteiger partial charge in [0.25, 0.3) is 5.69 Å². The second kappa shape index (κ2) is 5.01. The monoisotopic (exact) mass is 253 g/mol. The SMILES string of the molecule is CC(C)(CN)C(=O)Nc1c(O)cccc1[N+](=O)[O-]. The fourth-order valence-corrected chi connectivity index (χ4v) is 1.18. The molecule has 0 heterocycles. The van der Waals surface area contributed by atoms with Crippen molar-refractivity contribution in [2.75, 3.05) is 11.9 Å². The number of benzene rings is 1. The molecule has 1 aromatic carbocycles. The highest BCUT2D eigenvalue weighted by Gasteiger charge is 2.29. The Morgan fingerprint density at radius 1 is 1.56 bits per heavy atom. The lowest BCUT2D eigenvalue weighted by atomic mass is 9.92. The van der Waals surface area contributed by atoms with Gasteiger partial charge in [0.15, 0.2) is 5.69 Å². The molecule has 0 fully saturated rings. The van der Waals surface area contributed by atoms with Gasteiger partial charge in [0, 0.05) is 12.6 Å². The minimum Gasteiger partial charge on any atom is -0.505 e. The van der Waals surface area contributed by atoms with Crippen molar-refractivity contribution in [1.82, 2.24) is 0 Å². The summed E-state index contributed by atoms with van der Waals surface area (Å²) in [6, 6.07) is 3.79. The molecule has 0 saturated heterocycles. The van der Waals surface area contributed by atoms with Gasteiger partial charge >= 0.3 is 0 Å². The number of hydrogen-bond acceptors (Lipinski definition) is 5. The number of nitro groups is 1. The predicted molar refractivity (Wildman–Crippen MR) is 66.2 cm³/mol. The lowest BCUT2D eigenvalue weighted by molar-refractivity contribution is -0.384. The summed E-state index contributed by atoms with van der Waals surface area (Å²) in [6.07, 6.45) is 0. The van der Waals surface area contributed by atoms with Crippen molar-refractivity contribution in [1.29, 1.82) is 0 Å².